The summed E-state index contributed by atoms with van der Waals surface area (Å²) in [4.78, 5) is 28.4. The molecule has 4 rings (SSSR count). The summed E-state index contributed by atoms with van der Waals surface area (Å²) in [6.45, 7) is 0.660. The molecule has 8 nitrogen and oxygen atoms in total. The van der Waals surface area contributed by atoms with Crippen LogP contribution in [0.25, 0.3) is 0 Å². The Morgan fingerprint density at radius 2 is 1.58 bits per heavy atom. The molecule has 0 fully saturated rings. The van der Waals surface area contributed by atoms with Crippen LogP contribution >= 0.6 is 0 Å². The molecule has 9 heteroatoms. The van der Waals surface area contributed by atoms with Gasteiger partial charge in [0.15, 0.2) is 0 Å². The van der Waals surface area contributed by atoms with Crippen molar-refractivity contribution in [3.8, 4) is 0 Å². The normalized spacial score (nSPS) is 13.8. The molecule has 0 aliphatic carbocycles. The Kier molecular flexibility index (Phi) is 5.79. The van der Waals surface area contributed by atoms with E-state index in [9.17, 15) is 18.0 Å². The molecule has 31 heavy (non-hydrogen) atoms. The van der Waals surface area contributed by atoms with Gasteiger partial charge >= 0.3 is 0 Å². The van der Waals surface area contributed by atoms with E-state index in [0.717, 1.165) is 11.1 Å². The van der Waals surface area contributed by atoms with Crippen molar-refractivity contribution in [2.45, 2.75) is 17.9 Å². The Labute approximate surface area is 179 Å². The summed E-state index contributed by atoms with van der Waals surface area (Å²) in [6.07, 6.45) is 3.53. The van der Waals surface area contributed by atoms with E-state index in [2.05, 4.69) is 15.8 Å². The number of nitrogens with zero attached hydrogens (tertiary/aromatic N) is 2. The van der Waals surface area contributed by atoms with Gasteiger partial charge in [0.05, 0.1) is 10.5 Å². The second-order valence-corrected chi connectivity index (χ2v) is 8.97. The summed E-state index contributed by atoms with van der Waals surface area (Å²) in [5.41, 5.74) is 7.10. The van der Waals surface area contributed by atoms with Gasteiger partial charge in [0.2, 0.25) is 10.0 Å². The molecular weight excluding hydrogens is 416 g/mol. The molecule has 1 aliphatic rings. The Balaban J connectivity index is 1.47. The topological polar surface area (TPSA) is 108 Å². The molecule has 2 aromatic carbocycles. The lowest BCUT2D eigenvalue weighted by molar-refractivity contribution is 0.0846. The van der Waals surface area contributed by atoms with Gasteiger partial charge in [-0.25, -0.2) is 8.42 Å². The van der Waals surface area contributed by atoms with Crippen LogP contribution in [0.5, 0.6) is 0 Å². The highest BCUT2D eigenvalue weighted by molar-refractivity contribution is 7.89. The molecule has 2 heterocycles. The van der Waals surface area contributed by atoms with Crippen molar-refractivity contribution < 1.29 is 18.0 Å². The number of carbonyl (C=O) groups is 2. The van der Waals surface area contributed by atoms with Gasteiger partial charge in [0, 0.05) is 31.0 Å². The van der Waals surface area contributed by atoms with E-state index in [1.807, 2.05) is 24.3 Å². The molecule has 2 N–H and O–H groups in total. The number of aromatic nitrogens is 1. The summed E-state index contributed by atoms with van der Waals surface area (Å²) >= 11 is 0. The van der Waals surface area contributed by atoms with Gasteiger partial charge < -0.3 is 0 Å². The smallest absolute Gasteiger partial charge is 0.267 e. The van der Waals surface area contributed by atoms with E-state index in [1.54, 1.807) is 12.1 Å². The fourth-order valence-corrected chi connectivity index (χ4v) is 4.84. The summed E-state index contributed by atoms with van der Waals surface area (Å²) in [6, 6.07) is 16.7. The molecule has 0 saturated heterocycles. The summed E-state index contributed by atoms with van der Waals surface area (Å²) < 4.78 is 27.7. The zero-order valence-electron chi connectivity index (χ0n) is 16.5. The molecule has 1 aromatic heterocycles. The number of rotatable bonds is 4. The molecule has 2 amide bonds. The van der Waals surface area contributed by atoms with Gasteiger partial charge in [-0.1, -0.05) is 30.3 Å². The van der Waals surface area contributed by atoms with E-state index in [1.165, 1.54) is 41.0 Å². The van der Waals surface area contributed by atoms with Crippen molar-refractivity contribution in [1.29, 1.82) is 0 Å². The van der Waals surface area contributed by atoms with Crippen molar-refractivity contribution in [3.05, 3.63) is 95.3 Å². The highest BCUT2D eigenvalue weighted by atomic mass is 32.2. The predicted octanol–water partition coefficient (Wildman–Crippen LogP) is 1.90. The SMILES string of the molecule is O=C(NNC(=O)c1cccc(S(=O)(=O)N2CCc3ccccc3C2)c1)c1cccnc1. The van der Waals surface area contributed by atoms with Crippen LogP contribution < -0.4 is 10.9 Å². The molecule has 0 radical (unpaired) electrons. The number of benzene rings is 2. The minimum absolute atomic E-state index is 0.0260. The Bertz CT molecular complexity index is 1230. The van der Waals surface area contributed by atoms with Crippen LogP contribution in [0.3, 0.4) is 0 Å². The summed E-state index contributed by atoms with van der Waals surface area (Å²) in [5, 5.41) is 0. The van der Waals surface area contributed by atoms with Crippen LogP contribution in [0.1, 0.15) is 31.8 Å². The van der Waals surface area contributed by atoms with Crippen LogP contribution in [0, 0.1) is 0 Å². The third kappa shape index (κ3) is 4.47. The maximum absolute atomic E-state index is 13.1. The number of carbonyl (C=O) groups excluding carboxylic acids is 2. The highest BCUT2D eigenvalue weighted by Crippen LogP contribution is 2.25. The molecule has 0 saturated carbocycles. The molecular formula is C22H20N4O4S. The van der Waals surface area contributed by atoms with Crippen LogP contribution in [0.2, 0.25) is 0 Å². The number of fused-ring (bicyclic) bond motifs is 1. The first-order valence-corrected chi connectivity index (χ1v) is 11.1. The number of pyridine rings is 1. The molecule has 3 aromatic rings. The minimum Gasteiger partial charge on any atom is -0.267 e. The monoisotopic (exact) mass is 436 g/mol. The minimum atomic E-state index is -3.78. The summed E-state index contributed by atoms with van der Waals surface area (Å²) in [5.74, 6) is -1.16. The van der Waals surface area contributed by atoms with Gasteiger partial charge in [-0.3, -0.25) is 25.4 Å². The quantitative estimate of drug-likeness (QED) is 0.608. The van der Waals surface area contributed by atoms with Gasteiger partial charge in [-0.2, -0.15) is 4.31 Å². The molecule has 0 atom stereocenters. The second-order valence-electron chi connectivity index (χ2n) is 7.04. The number of hydrazine groups is 1. The number of sulfonamides is 1. The van der Waals surface area contributed by atoms with Gasteiger partial charge in [0.25, 0.3) is 11.8 Å². The van der Waals surface area contributed by atoms with E-state index in [0.29, 0.717) is 13.0 Å². The number of nitrogens with one attached hydrogen (secondary N) is 2. The van der Waals surface area contributed by atoms with Crippen molar-refractivity contribution in [2.75, 3.05) is 6.54 Å². The van der Waals surface area contributed by atoms with Crippen molar-refractivity contribution >= 4 is 21.8 Å². The molecule has 0 bridgehead atoms. The zero-order chi connectivity index (χ0) is 21.8. The van der Waals surface area contributed by atoms with Gasteiger partial charge in [0.1, 0.15) is 0 Å². The highest BCUT2D eigenvalue weighted by Gasteiger charge is 2.28. The number of hydrogen-bond acceptors (Lipinski definition) is 5. The van der Waals surface area contributed by atoms with Crippen molar-refractivity contribution in [3.63, 3.8) is 0 Å². The first-order chi connectivity index (χ1) is 14.9. The third-order valence-corrected chi connectivity index (χ3v) is 6.88. The van der Waals surface area contributed by atoms with E-state index >= 15 is 0 Å². The average molecular weight is 436 g/mol. The fraction of sp³-hybridized carbons (Fsp3) is 0.136. The molecule has 0 unspecified atom stereocenters. The lowest BCUT2D eigenvalue weighted by Crippen LogP contribution is -2.41. The van der Waals surface area contributed by atoms with Crippen molar-refractivity contribution in [2.24, 2.45) is 0 Å². The van der Waals surface area contributed by atoms with E-state index in [4.69, 9.17) is 0 Å². The Morgan fingerprint density at radius 1 is 0.871 bits per heavy atom. The first kappa shape index (κ1) is 20.7. The Hall–Kier alpha value is -3.56. The maximum atomic E-state index is 13.1. The molecule has 0 spiro atoms. The van der Waals surface area contributed by atoms with Crippen molar-refractivity contribution in [1.82, 2.24) is 20.1 Å². The fourth-order valence-electron chi connectivity index (χ4n) is 3.38. The first-order valence-electron chi connectivity index (χ1n) is 9.63. The van der Waals surface area contributed by atoms with Crippen LogP contribution in [0.15, 0.2) is 78.0 Å². The zero-order valence-corrected chi connectivity index (χ0v) is 17.3. The van der Waals surface area contributed by atoms with E-state index < -0.39 is 21.8 Å². The van der Waals surface area contributed by atoms with Crippen LogP contribution in [-0.2, 0) is 23.0 Å². The maximum Gasteiger partial charge on any atom is 0.271 e. The summed E-state index contributed by atoms with van der Waals surface area (Å²) in [7, 11) is -3.78. The van der Waals surface area contributed by atoms with Crippen LogP contribution in [0.4, 0.5) is 0 Å². The standard InChI is InChI=1S/C22H20N4O4S/c27-21(24-25-22(28)18-8-4-11-23-14-18)17-7-3-9-20(13-17)31(29,30)26-12-10-16-5-1-2-6-19(16)15-26/h1-9,11,13-14H,10,12,15H2,(H,24,27)(H,25,28). The number of amides is 2. The lowest BCUT2D eigenvalue weighted by Gasteiger charge is -2.28. The van der Waals surface area contributed by atoms with E-state index in [-0.39, 0.29) is 22.6 Å². The predicted molar refractivity (Wildman–Crippen MR) is 113 cm³/mol. The molecule has 1 aliphatic heterocycles. The third-order valence-electron chi connectivity index (χ3n) is 5.04. The Morgan fingerprint density at radius 3 is 2.32 bits per heavy atom. The number of hydrogen-bond donors (Lipinski definition) is 2. The largest absolute Gasteiger partial charge is 0.271 e. The van der Waals surface area contributed by atoms with Crippen LogP contribution in [-0.4, -0.2) is 36.1 Å². The lowest BCUT2D eigenvalue weighted by atomic mass is 10.0. The average Bonchev–Trinajstić information content (AvgIpc) is 2.82. The van der Waals surface area contributed by atoms with Gasteiger partial charge in [-0.05, 0) is 47.9 Å². The molecule has 158 valence electrons. The second kappa shape index (κ2) is 8.66. The van der Waals surface area contributed by atoms with Gasteiger partial charge in [-0.15, -0.1) is 0 Å².